The topological polar surface area (TPSA) is 58.4 Å². The van der Waals surface area contributed by atoms with Gasteiger partial charge in [0.05, 0.1) is 12.1 Å². The van der Waals surface area contributed by atoms with Crippen molar-refractivity contribution in [3.63, 3.8) is 0 Å². The third-order valence-electron chi connectivity index (χ3n) is 4.25. The molecule has 1 aromatic carbocycles. The summed E-state index contributed by atoms with van der Waals surface area (Å²) < 4.78 is 2.18. The zero-order valence-corrected chi connectivity index (χ0v) is 13.0. The minimum absolute atomic E-state index is 0.396. The van der Waals surface area contributed by atoms with Crippen molar-refractivity contribution in [1.29, 1.82) is 0 Å². The number of carboxylic acid groups (broad SMARTS) is 1. The summed E-state index contributed by atoms with van der Waals surface area (Å²) in [6.45, 7) is 6.73. The van der Waals surface area contributed by atoms with E-state index in [1.54, 1.807) is 6.07 Å². The summed E-state index contributed by atoms with van der Waals surface area (Å²) in [6, 6.07) is 5.96. The van der Waals surface area contributed by atoms with Crippen LogP contribution in [-0.4, -0.2) is 32.1 Å². The van der Waals surface area contributed by atoms with Crippen molar-refractivity contribution in [2.75, 3.05) is 6.54 Å². The average molecular weight is 299 g/mol. The smallest absolute Gasteiger partial charge is 0.335 e. The Morgan fingerprint density at radius 3 is 2.95 bits per heavy atom. The Morgan fingerprint density at radius 1 is 1.41 bits per heavy atom. The standard InChI is InChI=1S/C17H21N3O2/c1-12(2)20-9-7-18-16(20)11-19-8-6-14-13(10-19)4-3-5-15(14)17(21)22/h3-5,7,9,12H,6,8,10-11H2,1-2H3,(H,21,22). The van der Waals surface area contributed by atoms with Crippen LogP contribution in [0.3, 0.4) is 0 Å². The van der Waals surface area contributed by atoms with Gasteiger partial charge in [0.25, 0.3) is 0 Å². The van der Waals surface area contributed by atoms with Crippen LogP contribution in [0.4, 0.5) is 0 Å². The normalized spacial score (nSPS) is 15.0. The second-order valence-corrected chi connectivity index (χ2v) is 6.05. The van der Waals surface area contributed by atoms with Gasteiger partial charge in [0, 0.05) is 31.5 Å². The van der Waals surface area contributed by atoms with Crippen LogP contribution >= 0.6 is 0 Å². The Kier molecular flexibility index (Phi) is 3.98. The molecule has 0 fully saturated rings. The highest BCUT2D eigenvalue weighted by Crippen LogP contribution is 2.24. The number of hydrogen-bond donors (Lipinski definition) is 1. The van der Waals surface area contributed by atoms with Gasteiger partial charge in [-0.1, -0.05) is 12.1 Å². The molecule has 0 saturated carbocycles. The van der Waals surface area contributed by atoms with Crippen molar-refractivity contribution < 1.29 is 9.90 Å². The Balaban J connectivity index is 1.79. The van der Waals surface area contributed by atoms with Crippen LogP contribution in [0, 0.1) is 0 Å². The van der Waals surface area contributed by atoms with Crippen LogP contribution in [0.15, 0.2) is 30.6 Å². The van der Waals surface area contributed by atoms with Crippen LogP contribution in [0.5, 0.6) is 0 Å². The molecule has 3 rings (SSSR count). The van der Waals surface area contributed by atoms with Crippen LogP contribution in [0.1, 0.15) is 47.2 Å². The minimum Gasteiger partial charge on any atom is -0.478 e. The predicted octanol–water partition coefficient (Wildman–Crippen LogP) is 2.72. The lowest BCUT2D eigenvalue weighted by molar-refractivity contribution is 0.0694. The molecule has 116 valence electrons. The summed E-state index contributed by atoms with van der Waals surface area (Å²) in [5.41, 5.74) is 2.55. The van der Waals surface area contributed by atoms with Gasteiger partial charge in [-0.3, -0.25) is 4.90 Å². The summed E-state index contributed by atoms with van der Waals surface area (Å²) in [7, 11) is 0. The number of fused-ring (bicyclic) bond motifs is 1. The molecule has 22 heavy (non-hydrogen) atoms. The summed E-state index contributed by atoms with van der Waals surface area (Å²) in [5.74, 6) is 0.230. The van der Waals surface area contributed by atoms with E-state index in [1.165, 1.54) is 0 Å². The van der Waals surface area contributed by atoms with Crippen LogP contribution in [0.2, 0.25) is 0 Å². The fourth-order valence-electron chi connectivity index (χ4n) is 3.14. The first kappa shape index (κ1) is 14.8. The predicted molar refractivity (Wildman–Crippen MR) is 83.8 cm³/mol. The molecule has 1 aromatic heterocycles. The number of carboxylic acids is 1. The number of carbonyl (C=O) groups is 1. The maximum atomic E-state index is 11.3. The molecule has 1 aliphatic heterocycles. The van der Waals surface area contributed by atoms with Gasteiger partial charge in [-0.05, 0) is 37.5 Å². The van der Waals surface area contributed by atoms with E-state index in [4.69, 9.17) is 0 Å². The quantitative estimate of drug-likeness (QED) is 0.943. The lowest BCUT2D eigenvalue weighted by Crippen LogP contribution is -2.32. The Labute approximate surface area is 130 Å². The van der Waals surface area contributed by atoms with E-state index in [-0.39, 0.29) is 0 Å². The molecule has 0 aliphatic carbocycles. The first-order valence-electron chi connectivity index (χ1n) is 7.64. The van der Waals surface area contributed by atoms with Crippen molar-refractivity contribution in [1.82, 2.24) is 14.5 Å². The van der Waals surface area contributed by atoms with E-state index < -0.39 is 5.97 Å². The van der Waals surface area contributed by atoms with E-state index in [0.29, 0.717) is 11.6 Å². The molecule has 0 radical (unpaired) electrons. The Hall–Kier alpha value is -2.14. The van der Waals surface area contributed by atoms with Gasteiger partial charge in [-0.25, -0.2) is 9.78 Å². The number of hydrogen-bond acceptors (Lipinski definition) is 3. The van der Waals surface area contributed by atoms with Crippen molar-refractivity contribution in [2.45, 2.75) is 39.4 Å². The van der Waals surface area contributed by atoms with Gasteiger partial charge in [0.1, 0.15) is 5.82 Å². The zero-order valence-electron chi connectivity index (χ0n) is 13.0. The fourth-order valence-corrected chi connectivity index (χ4v) is 3.14. The maximum absolute atomic E-state index is 11.3. The van der Waals surface area contributed by atoms with Gasteiger partial charge < -0.3 is 9.67 Å². The molecule has 2 aromatic rings. The number of aromatic carboxylic acids is 1. The number of imidazole rings is 1. The number of benzene rings is 1. The summed E-state index contributed by atoms with van der Waals surface area (Å²) >= 11 is 0. The Morgan fingerprint density at radius 2 is 2.23 bits per heavy atom. The van der Waals surface area contributed by atoms with Crippen molar-refractivity contribution in [3.05, 3.63) is 53.1 Å². The molecule has 1 aliphatic rings. The molecule has 5 nitrogen and oxygen atoms in total. The van der Waals surface area contributed by atoms with E-state index in [0.717, 1.165) is 43.0 Å². The second kappa shape index (κ2) is 5.93. The molecule has 0 amide bonds. The van der Waals surface area contributed by atoms with Gasteiger partial charge in [-0.2, -0.15) is 0 Å². The van der Waals surface area contributed by atoms with E-state index >= 15 is 0 Å². The molecule has 0 unspecified atom stereocenters. The summed E-state index contributed by atoms with van der Waals surface area (Å²) in [4.78, 5) is 18.1. The number of nitrogens with zero attached hydrogens (tertiary/aromatic N) is 3. The largest absolute Gasteiger partial charge is 0.478 e. The van der Waals surface area contributed by atoms with Crippen molar-refractivity contribution in [2.24, 2.45) is 0 Å². The molecule has 0 spiro atoms. The first-order valence-corrected chi connectivity index (χ1v) is 7.64. The van der Waals surface area contributed by atoms with Crippen molar-refractivity contribution in [3.8, 4) is 0 Å². The second-order valence-electron chi connectivity index (χ2n) is 6.05. The van der Waals surface area contributed by atoms with Gasteiger partial charge in [-0.15, -0.1) is 0 Å². The number of rotatable bonds is 4. The van der Waals surface area contributed by atoms with Gasteiger partial charge >= 0.3 is 5.97 Å². The molecule has 0 saturated heterocycles. The van der Waals surface area contributed by atoms with Crippen LogP contribution < -0.4 is 0 Å². The van der Waals surface area contributed by atoms with Crippen molar-refractivity contribution >= 4 is 5.97 Å². The third kappa shape index (κ3) is 2.76. The third-order valence-corrected chi connectivity index (χ3v) is 4.25. The highest BCUT2D eigenvalue weighted by molar-refractivity contribution is 5.89. The van der Waals surface area contributed by atoms with Gasteiger partial charge in [0.2, 0.25) is 0 Å². The van der Waals surface area contributed by atoms with E-state index in [9.17, 15) is 9.90 Å². The minimum atomic E-state index is -0.833. The van der Waals surface area contributed by atoms with E-state index in [2.05, 4.69) is 28.3 Å². The lowest BCUT2D eigenvalue weighted by Gasteiger charge is -2.29. The molecule has 1 N–H and O–H groups in total. The van der Waals surface area contributed by atoms with Crippen LogP contribution in [-0.2, 0) is 19.5 Å². The molecular weight excluding hydrogens is 278 g/mol. The highest BCUT2D eigenvalue weighted by atomic mass is 16.4. The number of aromatic nitrogens is 2. The average Bonchev–Trinajstić information content (AvgIpc) is 2.94. The van der Waals surface area contributed by atoms with Gasteiger partial charge in [0.15, 0.2) is 0 Å². The molecule has 0 atom stereocenters. The molecule has 5 heteroatoms. The highest BCUT2D eigenvalue weighted by Gasteiger charge is 2.22. The van der Waals surface area contributed by atoms with Crippen LogP contribution in [0.25, 0.3) is 0 Å². The molecule has 2 heterocycles. The molecule has 0 bridgehead atoms. The lowest BCUT2D eigenvalue weighted by atomic mass is 9.94. The van der Waals surface area contributed by atoms with E-state index in [1.807, 2.05) is 24.5 Å². The zero-order chi connectivity index (χ0) is 15.7. The SMILES string of the molecule is CC(C)n1ccnc1CN1CCc2c(cccc2C(=O)O)C1. The summed E-state index contributed by atoms with van der Waals surface area (Å²) in [6.07, 6.45) is 4.64. The maximum Gasteiger partial charge on any atom is 0.335 e. The first-order chi connectivity index (χ1) is 10.6. The fraction of sp³-hybridized carbons (Fsp3) is 0.412. The monoisotopic (exact) mass is 299 g/mol. The Bertz CT molecular complexity index is 691. The summed E-state index contributed by atoms with van der Waals surface area (Å²) in [5, 5.41) is 9.28. The molecular formula is C17H21N3O2.